The molecule has 0 aromatic rings. The maximum absolute atomic E-state index is 6.15. The first kappa shape index (κ1) is 17.2. The summed E-state index contributed by atoms with van der Waals surface area (Å²) < 4.78 is 11.3. The average molecular weight is 298 g/mol. The monoisotopic (exact) mass is 298 g/mol. The van der Waals surface area contributed by atoms with E-state index in [2.05, 4.69) is 23.6 Å². The summed E-state index contributed by atoms with van der Waals surface area (Å²) in [7, 11) is 1.78. The minimum absolute atomic E-state index is 0.513. The average Bonchev–Trinajstić information content (AvgIpc) is 2.48. The van der Waals surface area contributed by atoms with Crippen LogP contribution in [0.4, 0.5) is 0 Å². The number of methoxy groups -OCH3 is 1. The lowest BCUT2D eigenvalue weighted by atomic mass is 9.88. The molecular weight excluding hydrogens is 264 g/mol. The lowest BCUT2D eigenvalue weighted by Gasteiger charge is -2.40. The number of hydrogen-bond acceptors (Lipinski definition) is 4. The summed E-state index contributed by atoms with van der Waals surface area (Å²) in [4.78, 5) is 5.09. The van der Waals surface area contributed by atoms with E-state index in [1.807, 2.05) is 0 Å². The third kappa shape index (κ3) is 5.51. The number of piperazine rings is 1. The van der Waals surface area contributed by atoms with Crippen LogP contribution in [0.5, 0.6) is 0 Å². The van der Waals surface area contributed by atoms with Crippen LogP contribution in [0.1, 0.15) is 39.5 Å². The van der Waals surface area contributed by atoms with Gasteiger partial charge >= 0.3 is 0 Å². The second kappa shape index (κ2) is 9.09. The fraction of sp³-hybridized carbons (Fsp3) is 1.00. The van der Waals surface area contributed by atoms with E-state index in [0.29, 0.717) is 12.1 Å². The summed E-state index contributed by atoms with van der Waals surface area (Å²) in [5.41, 5.74) is 0. The molecule has 4 heteroatoms. The van der Waals surface area contributed by atoms with Crippen molar-refractivity contribution in [3.63, 3.8) is 0 Å². The molecule has 4 nitrogen and oxygen atoms in total. The molecule has 2 fully saturated rings. The molecule has 1 heterocycles. The summed E-state index contributed by atoms with van der Waals surface area (Å²) in [5, 5.41) is 0. The van der Waals surface area contributed by atoms with E-state index in [0.717, 1.165) is 51.9 Å². The molecule has 0 amide bonds. The van der Waals surface area contributed by atoms with Gasteiger partial charge in [0.05, 0.1) is 19.3 Å². The molecule has 2 aliphatic rings. The Hall–Kier alpha value is -0.160. The van der Waals surface area contributed by atoms with E-state index < -0.39 is 0 Å². The fourth-order valence-corrected chi connectivity index (χ4v) is 3.68. The smallest absolute Gasteiger partial charge is 0.0601 e. The Kier molecular flexibility index (Phi) is 7.44. The highest BCUT2D eigenvalue weighted by molar-refractivity contribution is 4.79. The third-order valence-electron chi connectivity index (χ3n) is 5.20. The Morgan fingerprint density at radius 3 is 2.52 bits per heavy atom. The molecule has 1 saturated carbocycles. The zero-order valence-electron chi connectivity index (χ0n) is 14.2. The van der Waals surface area contributed by atoms with Gasteiger partial charge in [0.2, 0.25) is 0 Å². The summed E-state index contributed by atoms with van der Waals surface area (Å²) in [5.74, 6) is 0.753. The summed E-state index contributed by atoms with van der Waals surface area (Å²) >= 11 is 0. The molecule has 1 aliphatic carbocycles. The summed E-state index contributed by atoms with van der Waals surface area (Å²) in [6, 6.07) is 0.627. The molecular formula is C17H34N2O2. The first-order valence-electron chi connectivity index (χ1n) is 8.77. The molecule has 124 valence electrons. The molecule has 1 aliphatic heterocycles. The van der Waals surface area contributed by atoms with Crippen LogP contribution in [0, 0.1) is 5.92 Å². The minimum atomic E-state index is 0.513. The van der Waals surface area contributed by atoms with Crippen LogP contribution < -0.4 is 0 Å². The van der Waals surface area contributed by atoms with E-state index in [1.54, 1.807) is 7.11 Å². The molecule has 2 rings (SSSR count). The van der Waals surface area contributed by atoms with Crippen molar-refractivity contribution in [1.29, 1.82) is 0 Å². The van der Waals surface area contributed by atoms with Gasteiger partial charge in [-0.15, -0.1) is 0 Å². The highest BCUT2D eigenvalue weighted by Gasteiger charge is 2.24. The minimum Gasteiger partial charge on any atom is -0.383 e. The van der Waals surface area contributed by atoms with Crippen LogP contribution in [0.25, 0.3) is 0 Å². The molecule has 0 unspecified atom stereocenters. The van der Waals surface area contributed by atoms with E-state index in [1.165, 1.54) is 25.7 Å². The van der Waals surface area contributed by atoms with Crippen LogP contribution in [0.3, 0.4) is 0 Å². The summed E-state index contributed by atoms with van der Waals surface area (Å²) in [6.07, 6.45) is 5.87. The van der Waals surface area contributed by atoms with Crippen LogP contribution >= 0.6 is 0 Å². The maximum atomic E-state index is 6.15. The van der Waals surface area contributed by atoms with Gasteiger partial charge in [0.1, 0.15) is 0 Å². The zero-order chi connectivity index (χ0) is 15.1. The Morgan fingerprint density at radius 2 is 1.81 bits per heavy atom. The van der Waals surface area contributed by atoms with Gasteiger partial charge in [-0.1, -0.05) is 19.8 Å². The number of nitrogens with zero attached hydrogens (tertiary/aromatic N) is 2. The van der Waals surface area contributed by atoms with Crippen LogP contribution in [0.2, 0.25) is 0 Å². The molecule has 3 atom stereocenters. The SMILES string of the molecule is COCCN1CCN(CCO[C@@H]2CCCC[C@@H]2C)C[C@@H]1C. The predicted molar refractivity (Wildman–Crippen MR) is 86.7 cm³/mol. The summed E-state index contributed by atoms with van der Waals surface area (Å²) in [6.45, 7) is 12.0. The quantitative estimate of drug-likeness (QED) is 0.719. The third-order valence-corrected chi connectivity index (χ3v) is 5.20. The van der Waals surface area contributed by atoms with Crippen molar-refractivity contribution in [2.45, 2.75) is 51.7 Å². The van der Waals surface area contributed by atoms with Crippen molar-refractivity contribution in [2.24, 2.45) is 5.92 Å². The molecule has 1 saturated heterocycles. The van der Waals surface area contributed by atoms with Gasteiger partial charge < -0.3 is 9.47 Å². The van der Waals surface area contributed by atoms with Crippen molar-refractivity contribution in [1.82, 2.24) is 9.80 Å². The van der Waals surface area contributed by atoms with Gasteiger partial charge in [-0.3, -0.25) is 9.80 Å². The number of rotatable bonds is 7. The zero-order valence-corrected chi connectivity index (χ0v) is 14.2. The lowest BCUT2D eigenvalue weighted by molar-refractivity contribution is -0.0228. The second-order valence-electron chi connectivity index (χ2n) is 6.85. The van der Waals surface area contributed by atoms with E-state index in [9.17, 15) is 0 Å². The van der Waals surface area contributed by atoms with Crippen molar-refractivity contribution < 1.29 is 9.47 Å². The Bertz CT molecular complexity index is 288. The number of ether oxygens (including phenoxy) is 2. The number of hydrogen-bond donors (Lipinski definition) is 0. The molecule has 0 N–H and O–H groups in total. The van der Waals surface area contributed by atoms with Gasteiger partial charge in [0, 0.05) is 45.9 Å². The molecule has 0 aromatic heterocycles. The van der Waals surface area contributed by atoms with Crippen LogP contribution in [-0.4, -0.2) is 75.0 Å². The van der Waals surface area contributed by atoms with Gasteiger partial charge in [-0.05, 0) is 25.7 Å². The topological polar surface area (TPSA) is 24.9 Å². The Balaban J connectivity index is 1.61. The van der Waals surface area contributed by atoms with Crippen molar-refractivity contribution in [3.8, 4) is 0 Å². The maximum Gasteiger partial charge on any atom is 0.0601 e. The molecule has 0 radical (unpaired) electrons. The van der Waals surface area contributed by atoms with Crippen LogP contribution in [-0.2, 0) is 9.47 Å². The van der Waals surface area contributed by atoms with Gasteiger partial charge in [-0.2, -0.15) is 0 Å². The van der Waals surface area contributed by atoms with E-state index in [-0.39, 0.29) is 0 Å². The van der Waals surface area contributed by atoms with Gasteiger partial charge in [-0.25, -0.2) is 0 Å². The van der Waals surface area contributed by atoms with Crippen LogP contribution in [0.15, 0.2) is 0 Å². The predicted octanol–water partition coefficient (Wildman–Crippen LogP) is 2.23. The highest BCUT2D eigenvalue weighted by atomic mass is 16.5. The molecule has 21 heavy (non-hydrogen) atoms. The standard InChI is InChI=1S/C17H34N2O2/c1-15-6-4-5-7-17(15)21-13-10-18-8-9-19(11-12-20-3)16(2)14-18/h15-17H,4-14H2,1-3H3/t15-,16-,17+/m0/s1. The van der Waals surface area contributed by atoms with Crippen molar-refractivity contribution >= 4 is 0 Å². The van der Waals surface area contributed by atoms with Crippen molar-refractivity contribution in [3.05, 3.63) is 0 Å². The molecule has 0 spiro atoms. The first-order chi connectivity index (χ1) is 10.2. The fourth-order valence-electron chi connectivity index (χ4n) is 3.68. The van der Waals surface area contributed by atoms with Crippen molar-refractivity contribution in [2.75, 3.05) is 53.0 Å². The largest absolute Gasteiger partial charge is 0.383 e. The molecule has 0 bridgehead atoms. The van der Waals surface area contributed by atoms with E-state index >= 15 is 0 Å². The van der Waals surface area contributed by atoms with E-state index in [4.69, 9.17) is 9.47 Å². The normalized spacial score (nSPS) is 32.4. The second-order valence-corrected chi connectivity index (χ2v) is 6.85. The van der Waals surface area contributed by atoms with Gasteiger partial charge in [0.15, 0.2) is 0 Å². The lowest BCUT2D eigenvalue weighted by Crippen LogP contribution is -2.53. The molecule has 0 aromatic carbocycles. The Morgan fingerprint density at radius 1 is 1.00 bits per heavy atom. The first-order valence-corrected chi connectivity index (χ1v) is 8.77. The highest BCUT2D eigenvalue weighted by Crippen LogP contribution is 2.26. The Labute approximate surface area is 130 Å². The van der Waals surface area contributed by atoms with Gasteiger partial charge in [0.25, 0.3) is 0 Å².